The fraction of sp³-hybridized carbons (Fsp3) is 0.0714. The number of halogens is 1. The van der Waals surface area contributed by atoms with Crippen molar-refractivity contribution in [2.24, 2.45) is 0 Å². The van der Waals surface area contributed by atoms with Gasteiger partial charge in [0.1, 0.15) is 17.3 Å². The van der Waals surface area contributed by atoms with Crippen molar-refractivity contribution in [3.63, 3.8) is 0 Å². The van der Waals surface area contributed by atoms with Crippen molar-refractivity contribution in [1.29, 1.82) is 0 Å². The van der Waals surface area contributed by atoms with Gasteiger partial charge in [0.05, 0.1) is 25.4 Å². The van der Waals surface area contributed by atoms with Crippen LogP contribution in [0, 0.1) is 5.82 Å². The lowest BCUT2D eigenvalue weighted by atomic mass is 10.1. The van der Waals surface area contributed by atoms with E-state index in [0.717, 1.165) is 10.9 Å². The van der Waals surface area contributed by atoms with E-state index in [2.05, 4.69) is 4.98 Å². The first kappa shape index (κ1) is 22.2. The molecule has 0 aliphatic rings. The van der Waals surface area contributed by atoms with Gasteiger partial charge >= 0.3 is 0 Å². The number of pyridine rings is 2. The molecule has 174 valence electrons. The highest BCUT2D eigenvalue weighted by Crippen LogP contribution is 2.37. The average molecular weight is 468 g/mol. The number of rotatable bonds is 6. The third-order valence-electron chi connectivity index (χ3n) is 5.63. The van der Waals surface area contributed by atoms with Crippen molar-refractivity contribution in [2.45, 2.75) is 0 Å². The minimum Gasteiger partial charge on any atom is -0.493 e. The summed E-state index contributed by atoms with van der Waals surface area (Å²) >= 11 is 0. The SMILES string of the molecule is COc1cc2nccc(Oc3ccc(-c4cccn(-c5cccc(F)c5)c4=O)cc3)c2cc1OC. The summed E-state index contributed by atoms with van der Waals surface area (Å²) in [7, 11) is 3.15. The normalized spacial score (nSPS) is 10.8. The zero-order valence-electron chi connectivity index (χ0n) is 19.1. The zero-order chi connectivity index (χ0) is 24.4. The summed E-state index contributed by atoms with van der Waals surface area (Å²) in [6.45, 7) is 0. The molecule has 5 rings (SSSR count). The second kappa shape index (κ2) is 9.30. The summed E-state index contributed by atoms with van der Waals surface area (Å²) in [5, 5.41) is 0.773. The molecule has 7 heteroatoms. The lowest BCUT2D eigenvalue weighted by molar-refractivity contribution is 0.355. The highest BCUT2D eigenvalue weighted by Gasteiger charge is 2.12. The van der Waals surface area contributed by atoms with Crippen molar-refractivity contribution in [3.8, 4) is 39.8 Å². The summed E-state index contributed by atoms with van der Waals surface area (Å²) in [4.78, 5) is 17.5. The third-order valence-corrected chi connectivity index (χ3v) is 5.63. The second-order valence-corrected chi connectivity index (χ2v) is 7.74. The molecule has 0 fully saturated rings. The van der Waals surface area contributed by atoms with E-state index in [4.69, 9.17) is 14.2 Å². The van der Waals surface area contributed by atoms with Crippen LogP contribution in [0.5, 0.6) is 23.0 Å². The standard InChI is InChI=1S/C28H21FN2O4/c1-33-26-16-23-24(17-27(26)34-2)30-13-12-25(23)35-21-10-8-18(9-11-21)22-7-4-14-31(28(22)32)20-6-3-5-19(29)15-20/h3-17H,1-2H3. The van der Waals surface area contributed by atoms with Crippen LogP contribution in [0.4, 0.5) is 4.39 Å². The molecule has 0 spiro atoms. The van der Waals surface area contributed by atoms with E-state index in [1.165, 1.54) is 16.7 Å². The van der Waals surface area contributed by atoms with Crippen LogP contribution in [0.1, 0.15) is 0 Å². The number of benzene rings is 3. The van der Waals surface area contributed by atoms with Gasteiger partial charge in [-0.05, 0) is 60.2 Å². The average Bonchev–Trinajstić information content (AvgIpc) is 2.89. The summed E-state index contributed by atoms with van der Waals surface area (Å²) in [6, 6.07) is 22.0. The van der Waals surface area contributed by atoms with Gasteiger partial charge in [-0.1, -0.05) is 18.2 Å². The van der Waals surface area contributed by atoms with Crippen LogP contribution in [-0.2, 0) is 0 Å². The van der Waals surface area contributed by atoms with Crippen LogP contribution in [0.25, 0.3) is 27.7 Å². The molecular weight excluding hydrogens is 447 g/mol. The van der Waals surface area contributed by atoms with E-state index in [1.807, 2.05) is 18.2 Å². The highest BCUT2D eigenvalue weighted by atomic mass is 19.1. The maximum absolute atomic E-state index is 13.7. The molecule has 6 nitrogen and oxygen atoms in total. The van der Waals surface area contributed by atoms with Crippen molar-refractivity contribution in [1.82, 2.24) is 9.55 Å². The van der Waals surface area contributed by atoms with Crippen LogP contribution in [0.2, 0.25) is 0 Å². The molecule has 2 heterocycles. The first-order valence-corrected chi connectivity index (χ1v) is 10.8. The Labute approximate surface area is 200 Å². The van der Waals surface area contributed by atoms with Crippen LogP contribution >= 0.6 is 0 Å². The molecule has 0 atom stereocenters. The van der Waals surface area contributed by atoms with Gasteiger partial charge in [0.25, 0.3) is 5.56 Å². The van der Waals surface area contributed by atoms with E-state index < -0.39 is 5.82 Å². The molecule has 35 heavy (non-hydrogen) atoms. The monoisotopic (exact) mass is 468 g/mol. The number of hydrogen-bond acceptors (Lipinski definition) is 5. The Bertz CT molecular complexity index is 1580. The van der Waals surface area contributed by atoms with E-state index in [9.17, 15) is 9.18 Å². The number of fused-ring (bicyclic) bond motifs is 1. The Morgan fingerprint density at radius 3 is 2.34 bits per heavy atom. The topological polar surface area (TPSA) is 62.6 Å². The predicted octanol–water partition coefficient (Wildman–Crippen LogP) is 6.00. The van der Waals surface area contributed by atoms with Gasteiger partial charge in [0.2, 0.25) is 0 Å². The molecule has 0 aliphatic heterocycles. The summed E-state index contributed by atoms with van der Waals surface area (Å²) in [6.07, 6.45) is 3.28. The van der Waals surface area contributed by atoms with Crippen molar-refractivity contribution in [3.05, 3.63) is 107 Å². The molecule has 0 radical (unpaired) electrons. The van der Waals surface area contributed by atoms with Gasteiger partial charge in [0.15, 0.2) is 11.5 Å². The Morgan fingerprint density at radius 1 is 0.829 bits per heavy atom. The Kier molecular flexibility index (Phi) is 5.89. The van der Waals surface area contributed by atoms with E-state index in [-0.39, 0.29) is 5.56 Å². The summed E-state index contributed by atoms with van der Waals surface area (Å²) < 4.78 is 32.0. The maximum Gasteiger partial charge on any atom is 0.262 e. The number of aromatic nitrogens is 2. The van der Waals surface area contributed by atoms with Gasteiger partial charge in [0, 0.05) is 29.4 Å². The molecular formula is C28H21FN2O4. The molecule has 2 aromatic heterocycles. The van der Waals surface area contributed by atoms with E-state index in [0.29, 0.717) is 39.8 Å². The molecule has 0 saturated heterocycles. The largest absolute Gasteiger partial charge is 0.493 e. The molecule has 0 N–H and O–H groups in total. The number of ether oxygens (including phenoxy) is 3. The second-order valence-electron chi connectivity index (χ2n) is 7.74. The molecule has 0 bridgehead atoms. The predicted molar refractivity (Wildman–Crippen MR) is 132 cm³/mol. The minimum atomic E-state index is -0.402. The van der Waals surface area contributed by atoms with Crippen LogP contribution in [0.15, 0.2) is 96.1 Å². The quantitative estimate of drug-likeness (QED) is 0.306. The molecule has 0 amide bonds. The van der Waals surface area contributed by atoms with Gasteiger partial charge in [-0.3, -0.25) is 14.3 Å². The molecule has 0 aliphatic carbocycles. The van der Waals surface area contributed by atoms with Crippen molar-refractivity contribution >= 4 is 10.9 Å². The minimum absolute atomic E-state index is 0.243. The summed E-state index contributed by atoms with van der Waals surface area (Å²) in [5.74, 6) is 1.96. The third kappa shape index (κ3) is 4.31. The number of nitrogens with zero attached hydrogens (tertiary/aromatic N) is 2. The maximum atomic E-state index is 13.7. The number of methoxy groups -OCH3 is 2. The van der Waals surface area contributed by atoms with Crippen LogP contribution in [-0.4, -0.2) is 23.8 Å². The lowest BCUT2D eigenvalue weighted by Gasteiger charge is -2.13. The van der Waals surface area contributed by atoms with Gasteiger partial charge in [-0.25, -0.2) is 4.39 Å². The fourth-order valence-corrected chi connectivity index (χ4v) is 3.91. The Balaban J connectivity index is 1.46. The smallest absolute Gasteiger partial charge is 0.262 e. The van der Waals surface area contributed by atoms with E-state index in [1.54, 1.807) is 75.1 Å². The van der Waals surface area contributed by atoms with Crippen LogP contribution in [0.3, 0.4) is 0 Å². The molecule has 5 aromatic rings. The van der Waals surface area contributed by atoms with Gasteiger partial charge in [-0.2, -0.15) is 0 Å². The van der Waals surface area contributed by atoms with Gasteiger partial charge in [-0.15, -0.1) is 0 Å². The molecule has 3 aromatic carbocycles. The Morgan fingerprint density at radius 2 is 1.60 bits per heavy atom. The van der Waals surface area contributed by atoms with Crippen LogP contribution < -0.4 is 19.8 Å². The lowest BCUT2D eigenvalue weighted by Crippen LogP contribution is -2.19. The Hall–Kier alpha value is -4.65. The molecule has 0 unspecified atom stereocenters. The highest BCUT2D eigenvalue weighted by molar-refractivity contribution is 5.88. The summed E-state index contributed by atoms with van der Waals surface area (Å²) in [5.41, 5.74) is 2.15. The first-order chi connectivity index (χ1) is 17.1. The van der Waals surface area contributed by atoms with Crippen molar-refractivity contribution in [2.75, 3.05) is 14.2 Å². The van der Waals surface area contributed by atoms with Gasteiger partial charge < -0.3 is 14.2 Å². The van der Waals surface area contributed by atoms with Crippen molar-refractivity contribution < 1.29 is 18.6 Å². The van der Waals surface area contributed by atoms with E-state index >= 15 is 0 Å². The fourth-order valence-electron chi connectivity index (χ4n) is 3.91. The number of hydrogen-bond donors (Lipinski definition) is 0. The zero-order valence-corrected chi connectivity index (χ0v) is 19.1. The molecule has 0 saturated carbocycles. The first-order valence-electron chi connectivity index (χ1n) is 10.8.